The molecule has 1 atom stereocenters. The number of amides is 1. The minimum absolute atomic E-state index is 0.229. The Morgan fingerprint density at radius 3 is 2.94 bits per heavy atom. The number of nitrogens with zero attached hydrogens (tertiary/aromatic N) is 1. The minimum atomic E-state index is -0.470. The Hall–Kier alpha value is -1.78. The van der Waals surface area contributed by atoms with Crippen molar-refractivity contribution in [1.29, 1.82) is 0 Å². The van der Waals surface area contributed by atoms with E-state index in [1.807, 2.05) is 6.92 Å². The van der Waals surface area contributed by atoms with Crippen LogP contribution in [0, 0.1) is 6.92 Å². The molecular weight excluding hydrogens is 234 g/mol. The largest absolute Gasteiger partial charge is 0.464 e. The van der Waals surface area contributed by atoms with Gasteiger partial charge in [0.25, 0.3) is 5.91 Å². The number of rotatable bonds is 3. The number of esters is 1. The van der Waals surface area contributed by atoms with Crippen molar-refractivity contribution >= 4 is 11.9 Å². The van der Waals surface area contributed by atoms with Crippen LogP contribution < -0.4 is 0 Å². The van der Waals surface area contributed by atoms with Crippen molar-refractivity contribution in [2.24, 2.45) is 0 Å². The van der Waals surface area contributed by atoms with E-state index < -0.39 is 6.04 Å². The Morgan fingerprint density at radius 2 is 2.33 bits per heavy atom. The third kappa shape index (κ3) is 2.25. The zero-order valence-electron chi connectivity index (χ0n) is 10.6. The van der Waals surface area contributed by atoms with Gasteiger partial charge in [0.1, 0.15) is 6.04 Å². The Balaban J connectivity index is 2.15. The molecule has 18 heavy (non-hydrogen) atoms. The Kier molecular flexibility index (Phi) is 3.69. The highest BCUT2D eigenvalue weighted by Gasteiger charge is 2.36. The van der Waals surface area contributed by atoms with Crippen LogP contribution in [0.25, 0.3) is 0 Å². The minimum Gasteiger partial charge on any atom is -0.464 e. The monoisotopic (exact) mass is 251 g/mol. The van der Waals surface area contributed by atoms with Crippen LogP contribution >= 0.6 is 0 Å². The van der Waals surface area contributed by atoms with Gasteiger partial charge in [-0.25, -0.2) is 4.79 Å². The molecule has 1 aliphatic heterocycles. The molecule has 5 heteroatoms. The second-order valence-corrected chi connectivity index (χ2v) is 4.34. The fraction of sp³-hybridized carbons (Fsp3) is 0.538. The van der Waals surface area contributed by atoms with Crippen LogP contribution in [0.2, 0.25) is 0 Å². The molecule has 1 aromatic rings. The van der Waals surface area contributed by atoms with Crippen molar-refractivity contribution in [3.8, 4) is 0 Å². The Labute approximate surface area is 106 Å². The molecule has 1 unspecified atom stereocenters. The molecule has 1 amide bonds. The van der Waals surface area contributed by atoms with Gasteiger partial charge in [0.2, 0.25) is 0 Å². The van der Waals surface area contributed by atoms with Crippen LogP contribution in [0.5, 0.6) is 0 Å². The van der Waals surface area contributed by atoms with Gasteiger partial charge in [-0.05, 0) is 32.8 Å². The zero-order chi connectivity index (χ0) is 13.1. The van der Waals surface area contributed by atoms with Crippen molar-refractivity contribution in [2.75, 3.05) is 13.2 Å². The van der Waals surface area contributed by atoms with Crippen molar-refractivity contribution in [2.45, 2.75) is 32.7 Å². The number of aryl methyl sites for hydroxylation is 1. The van der Waals surface area contributed by atoms with E-state index in [0.29, 0.717) is 25.3 Å². The van der Waals surface area contributed by atoms with Gasteiger partial charge in [-0.2, -0.15) is 0 Å². The van der Waals surface area contributed by atoms with E-state index >= 15 is 0 Å². The Morgan fingerprint density at radius 1 is 1.56 bits per heavy atom. The van der Waals surface area contributed by atoms with E-state index in [1.54, 1.807) is 17.9 Å². The normalized spacial score (nSPS) is 19.0. The number of likely N-dealkylation sites (tertiary alicyclic amines) is 1. The van der Waals surface area contributed by atoms with E-state index in [9.17, 15) is 9.59 Å². The summed E-state index contributed by atoms with van der Waals surface area (Å²) in [6, 6.07) is 1.27. The fourth-order valence-electron chi connectivity index (χ4n) is 2.22. The SMILES string of the molecule is CCOC(=O)C1CCCN1C(=O)c1occc1C. The number of carbonyl (C=O) groups is 2. The summed E-state index contributed by atoms with van der Waals surface area (Å²) >= 11 is 0. The van der Waals surface area contributed by atoms with Crippen LogP contribution in [-0.2, 0) is 9.53 Å². The number of hydrogen-bond acceptors (Lipinski definition) is 4. The molecule has 0 radical (unpaired) electrons. The third-order valence-electron chi connectivity index (χ3n) is 3.13. The van der Waals surface area contributed by atoms with Gasteiger partial charge in [0.15, 0.2) is 5.76 Å². The first-order chi connectivity index (χ1) is 8.65. The van der Waals surface area contributed by atoms with Gasteiger partial charge >= 0.3 is 5.97 Å². The van der Waals surface area contributed by atoms with Gasteiger partial charge in [-0.15, -0.1) is 0 Å². The summed E-state index contributed by atoms with van der Waals surface area (Å²) in [7, 11) is 0. The molecule has 2 heterocycles. The highest BCUT2D eigenvalue weighted by molar-refractivity contribution is 5.96. The molecule has 5 nitrogen and oxygen atoms in total. The summed E-state index contributed by atoms with van der Waals surface area (Å²) in [6.45, 7) is 4.47. The highest BCUT2D eigenvalue weighted by atomic mass is 16.5. The topological polar surface area (TPSA) is 59.8 Å². The molecular formula is C13H17NO4. The molecule has 0 aliphatic carbocycles. The summed E-state index contributed by atoms with van der Waals surface area (Å²) in [5.41, 5.74) is 0.787. The summed E-state index contributed by atoms with van der Waals surface area (Å²) in [6.07, 6.45) is 2.96. The molecule has 1 fully saturated rings. The maximum atomic E-state index is 12.3. The van der Waals surface area contributed by atoms with E-state index in [1.165, 1.54) is 6.26 Å². The lowest BCUT2D eigenvalue weighted by Crippen LogP contribution is -2.41. The second kappa shape index (κ2) is 5.25. The van der Waals surface area contributed by atoms with E-state index in [-0.39, 0.29) is 11.9 Å². The van der Waals surface area contributed by atoms with E-state index in [4.69, 9.17) is 9.15 Å². The fourth-order valence-corrected chi connectivity index (χ4v) is 2.22. The maximum Gasteiger partial charge on any atom is 0.328 e. The standard InChI is InChI=1S/C13H17NO4/c1-3-17-13(16)10-5-4-7-14(10)12(15)11-9(2)6-8-18-11/h6,8,10H,3-5,7H2,1-2H3. The average molecular weight is 251 g/mol. The zero-order valence-corrected chi connectivity index (χ0v) is 10.6. The molecule has 0 saturated carbocycles. The molecule has 0 spiro atoms. The van der Waals surface area contributed by atoms with Crippen LogP contribution in [0.3, 0.4) is 0 Å². The van der Waals surface area contributed by atoms with Gasteiger partial charge in [0.05, 0.1) is 12.9 Å². The lowest BCUT2D eigenvalue weighted by molar-refractivity contribution is -0.147. The molecule has 98 valence electrons. The van der Waals surface area contributed by atoms with E-state index in [2.05, 4.69) is 0 Å². The lowest BCUT2D eigenvalue weighted by Gasteiger charge is -2.22. The number of furan rings is 1. The van der Waals surface area contributed by atoms with Gasteiger partial charge in [0, 0.05) is 12.1 Å². The molecule has 1 saturated heterocycles. The predicted molar refractivity (Wildman–Crippen MR) is 64.1 cm³/mol. The molecule has 0 N–H and O–H groups in total. The first kappa shape index (κ1) is 12.7. The summed E-state index contributed by atoms with van der Waals surface area (Å²) in [5.74, 6) is -0.244. The van der Waals surface area contributed by atoms with Crippen LogP contribution in [0.1, 0.15) is 35.9 Å². The summed E-state index contributed by atoms with van der Waals surface area (Å²) < 4.78 is 10.2. The Bertz CT molecular complexity index is 452. The van der Waals surface area contributed by atoms with Crippen LogP contribution in [-0.4, -0.2) is 36.0 Å². The lowest BCUT2D eigenvalue weighted by atomic mass is 10.2. The van der Waals surface area contributed by atoms with Crippen LogP contribution in [0.15, 0.2) is 16.7 Å². The predicted octanol–water partition coefficient (Wildman–Crippen LogP) is 1.76. The van der Waals surface area contributed by atoms with Crippen LogP contribution in [0.4, 0.5) is 0 Å². The molecule has 0 bridgehead atoms. The van der Waals surface area contributed by atoms with Gasteiger partial charge in [-0.1, -0.05) is 0 Å². The average Bonchev–Trinajstić information content (AvgIpc) is 2.96. The van der Waals surface area contributed by atoms with Crippen molar-refractivity contribution in [1.82, 2.24) is 4.90 Å². The third-order valence-corrected chi connectivity index (χ3v) is 3.13. The smallest absolute Gasteiger partial charge is 0.328 e. The van der Waals surface area contributed by atoms with Crippen molar-refractivity contribution < 1.29 is 18.7 Å². The summed E-state index contributed by atoms with van der Waals surface area (Å²) in [5, 5.41) is 0. The maximum absolute atomic E-state index is 12.3. The molecule has 1 aromatic heterocycles. The van der Waals surface area contributed by atoms with E-state index in [0.717, 1.165) is 12.0 Å². The number of carbonyl (C=O) groups excluding carboxylic acids is 2. The first-order valence-corrected chi connectivity index (χ1v) is 6.16. The van der Waals surface area contributed by atoms with Gasteiger partial charge in [-0.3, -0.25) is 4.79 Å². The molecule has 0 aromatic carbocycles. The van der Waals surface area contributed by atoms with Crippen molar-refractivity contribution in [3.63, 3.8) is 0 Å². The number of hydrogen-bond donors (Lipinski definition) is 0. The second-order valence-electron chi connectivity index (χ2n) is 4.34. The van der Waals surface area contributed by atoms with Crippen molar-refractivity contribution in [3.05, 3.63) is 23.7 Å². The molecule has 1 aliphatic rings. The summed E-state index contributed by atoms with van der Waals surface area (Å²) in [4.78, 5) is 25.6. The number of ether oxygens (including phenoxy) is 1. The highest BCUT2D eigenvalue weighted by Crippen LogP contribution is 2.22. The molecule has 2 rings (SSSR count). The first-order valence-electron chi connectivity index (χ1n) is 6.16. The quantitative estimate of drug-likeness (QED) is 0.768. The van der Waals surface area contributed by atoms with Gasteiger partial charge < -0.3 is 14.1 Å².